The minimum atomic E-state index is -0.338. The minimum Gasteiger partial charge on any atom is -0.508 e. The highest BCUT2D eigenvalue weighted by Crippen LogP contribution is 2.23. The molecule has 4 nitrogen and oxygen atoms in total. The molecule has 1 amide bonds. The first-order chi connectivity index (χ1) is 8.35. The van der Waals surface area contributed by atoms with Crippen LogP contribution in [0.3, 0.4) is 0 Å². The van der Waals surface area contributed by atoms with E-state index in [1.54, 1.807) is 0 Å². The number of hydrogen-bond acceptors (Lipinski definition) is 3. The summed E-state index contributed by atoms with van der Waals surface area (Å²) < 4.78 is 0. The molecule has 0 aromatic heterocycles. The average Bonchev–Trinajstić information content (AvgIpc) is 2.26. The van der Waals surface area contributed by atoms with E-state index in [4.69, 9.17) is 5.11 Å². The molecule has 0 aliphatic rings. The fourth-order valence-electron chi connectivity index (χ4n) is 1.47. The SMILES string of the molecule is CC(C)(CCBr)CNC(=O)c1ccc(O)cc1O. The molecule has 0 aliphatic carbocycles. The van der Waals surface area contributed by atoms with Gasteiger partial charge in [0.1, 0.15) is 11.5 Å². The summed E-state index contributed by atoms with van der Waals surface area (Å²) in [6.07, 6.45) is 0.939. The van der Waals surface area contributed by atoms with Gasteiger partial charge >= 0.3 is 0 Å². The van der Waals surface area contributed by atoms with Crippen molar-refractivity contribution in [2.24, 2.45) is 5.41 Å². The van der Waals surface area contributed by atoms with Crippen LogP contribution in [0.25, 0.3) is 0 Å². The normalized spacial score (nSPS) is 11.3. The van der Waals surface area contributed by atoms with Crippen molar-refractivity contribution < 1.29 is 15.0 Å². The number of halogens is 1. The zero-order valence-corrected chi connectivity index (χ0v) is 12.1. The highest BCUT2D eigenvalue weighted by atomic mass is 79.9. The van der Waals surface area contributed by atoms with Gasteiger partial charge in [0.2, 0.25) is 0 Å². The first-order valence-electron chi connectivity index (χ1n) is 5.72. The van der Waals surface area contributed by atoms with Gasteiger partial charge in [-0.25, -0.2) is 0 Å². The second kappa shape index (κ2) is 6.09. The van der Waals surface area contributed by atoms with Gasteiger partial charge in [0.05, 0.1) is 5.56 Å². The first kappa shape index (κ1) is 14.8. The van der Waals surface area contributed by atoms with Gasteiger partial charge in [-0.1, -0.05) is 29.8 Å². The number of nitrogens with one attached hydrogen (secondary N) is 1. The molecule has 0 unspecified atom stereocenters. The lowest BCUT2D eigenvalue weighted by Gasteiger charge is -2.23. The summed E-state index contributed by atoms with van der Waals surface area (Å²) in [5, 5.41) is 22.4. The second-order valence-corrected chi connectivity index (χ2v) is 5.78. The summed E-state index contributed by atoms with van der Waals surface area (Å²) in [5.74, 6) is -0.621. The molecule has 0 bridgehead atoms. The molecule has 100 valence electrons. The Balaban J connectivity index is 2.66. The topological polar surface area (TPSA) is 69.6 Å². The summed E-state index contributed by atoms with van der Waals surface area (Å²) in [5.41, 5.74) is 0.161. The van der Waals surface area contributed by atoms with E-state index < -0.39 is 0 Å². The molecule has 0 saturated carbocycles. The molecule has 0 aliphatic heterocycles. The molecule has 0 heterocycles. The van der Waals surface area contributed by atoms with Crippen LogP contribution in [0.1, 0.15) is 30.6 Å². The van der Waals surface area contributed by atoms with Crippen molar-refractivity contribution in [2.45, 2.75) is 20.3 Å². The van der Waals surface area contributed by atoms with Gasteiger partial charge in [0.15, 0.2) is 0 Å². The van der Waals surface area contributed by atoms with E-state index in [0.717, 1.165) is 17.8 Å². The number of aromatic hydroxyl groups is 2. The standard InChI is InChI=1S/C13H18BrNO3/c1-13(2,5-6-14)8-15-12(18)10-4-3-9(16)7-11(10)17/h3-4,7,16-17H,5-6,8H2,1-2H3,(H,15,18). The van der Waals surface area contributed by atoms with E-state index in [1.165, 1.54) is 12.1 Å². The molecule has 5 heteroatoms. The van der Waals surface area contributed by atoms with E-state index in [-0.39, 0.29) is 28.4 Å². The number of carbonyl (C=O) groups excluding carboxylic acids is 1. The van der Waals surface area contributed by atoms with Crippen LogP contribution >= 0.6 is 15.9 Å². The van der Waals surface area contributed by atoms with E-state index >= 15 is 0 Å². The fraction of sp³-hybridized carbons (Fsp3) is 0.462. The van der Waals surface area contributed by atoms with Crippen molar-refractivity contribution >= 4 is 21.8 Å². The van der Waals surface area contributed by atoms with Crippen molar-refractivity contribution in [3.05, 3.63) is 23.8 Å². The molecule has 0 atom stereocenters. The number of phenolic OH excluding ortho intramolecular Hbond substituents is 2. The Bertz CT molecular complexity index is 432. The van der Waals surface area contributed by atoms with Crippen molar-refractivity contribution in [3.63, 3.8) is 0 Å². The number of alkyl halides is 1. The van der Waals surface area contributed by atoms with Gasteiger partial charge in [-0.15, -0.1) is 0 Å². The maximum absolute atomic E-state index is 11.9. The predicted molar refractivity (Wildman–Crippen MR) is 74.3 cm³/mol. The van der Waals surface area contributed by atoms with Crippen molar-refractivity contribution in [3.8, 4) is 11.5 Å². The third-order valence-electron chi connectivity index (χ3n) is 2.72. The quantitative estimate of drug-likeness (QED) is 0.732. The lowest BCUT2D eigenvalue weighted by Crippen LogP contribution is -2.34. The lowest BCUT2D eigenvalue weighted by atomic mass is 9.90. The van der Waals surface area contributed by atoms with Gasteiger partial charge in [0, 0.05) is 17.9 Å². The maximum atomic E-state index is 11.9. The second-order valence-electron chi connectivity index (χ2n) is 4.99. The largest absolute Gasteiger partial charge is 0.508 e. The van der Waals surface area contributed by atoms with E-state index in [1.807, 2.05) is 0 Å². The van der Waals surface area contributed by atoms with Crippen LogP contribution in [0.5, 0.6) is 11.5 Å². The Morgan fingerprint density at radius 1 is 1.39 bits per heavy atom. The molecular weight excluding hydrogens is 298 g/mol. The number of benzene rings is 1. The third kappa shape index (κ3) is 4.22. The van der Waals surface area contributed by atoms with E-state index in [2.05, 4.69) is 35.1 Å². The average molecular weight is 316 g/mol. The highest BCUT2D eigenvalue weighted by Gasteiger charge is 2.19. The Morgan fingerprint density at radius 3 is 2.61 bits per heavy atom. The Kier molecular flexibility index (Phi) is 5.02. The van der Waals surface area contributed by atoms with Crippen molar-refractivity contribution in [1.29, 1.82) is 0 Å². The summed E-state index contributed by atoms with van der Waals surface area (Å²) in [6.45, 7) is 4.65. The smallest absolute Gasteiger partial charge is 0.255 e. The van der Waals surface area contributed by atoms with Crippen LogP contribution in [-0.4, -0.2) is 28.0 Å². The van der Waals surface area contributed by atoms with Crippen LogP contribution in [0.4, 0.5) is 0 Å². The number of hydrogen-bond donors (Lipinski definition) is 3. The summed E-state index contributed by atoms with van der Waals surface area (Å²) in [6, 6.07) is 3.92. The van der Waals surface area contributed by atoms with E-state index in [0.29, 0.717) is 6.54 Å². The zero-order valence-electron chi connectivity index (χ0n) is 10.5. The Hall–Kier alpha value is -1.23. The van der Waals surface area contributed by atoms with Gasteiger partial charge in [0.25, 0.3) is 5.91 Å². The van der Waals surface area contributed by atoms with E-state index in [9.17, 15) is 9.90 Å². The summed E-state index contributed by atoms with van der Waals surface area (Å²) in [4.78, 5) is 11.9. The molecule has 0 fully saturated rings. The first-order valence-corrected chi connectivity index (χ1v) is 6.84. The van der Waals surface area contributed by atoms with Gasteiger partial charge in [-0.05, 0) is 24.0 Å². The molecule has 0 saturated heterocycles. The van der Waals surface area contributed by atoms with Crippen molar-refractivity contribution in [2.75, 3.05) is 11.9 Å². The third-order valence-corrected chi connectivity index (χ3v) is 3.12. The highest BCUT2D eigenvalue weighted by molar-refractivity contribution is 9.09. The Morgan fingerprint density at radius 2 is 2.06 bits per heavy atom. The number of rotatable bonds is 5. The monoisotopic (exact) mass is 315 g/mol. The number of carbonyl (C=O) groups is 1. The van der Waals surface area contributed by atoms with Crippen LogP contribution < -0.4 is 5.32 Å². The molecule has 1 rings (SSSR count). The fourth-order valence-corrected chi connectivity index (χ4v) is 2.54. The number of phenols is 2. The van der Waals surface area contributed by atoms with Crippen molar-refractivity contribution in [1.82, 2.24) is 5.32 Å². The van der Waals surface area contributed by atoms with Gasteiger partial charge in [-0.2, -0.15) is 0 Å². The Labute approximate surface area is 115 Å². The number of amides is 1. The minimum absolute atomic E-state index is 0.00824. The van der Waals surface area contributed by atoms with Crippen LogP contribution in [0, 0.1) is 5.41 Å². The maximum Gasteiger partial charge on any atom is 0.255 e. The summed E-state index contributed by atoms with van der Waals surface area (Å²) in [7, 11) is 0. The molecule has 18 heavy (non-hydrogen) atoms. The lowest BCUT2D eigenvalue weighted by molar-refractivity contribution is 0.0933. The predicted octanol–water partition coefficient (Wildman–Crippen LogP) is 2.64. The molecule has 0 radical (unpaired) electrons. The zero-order chi connectivity index (χ0) is 13.8. The molecule has 1 aromatic rings. The molecule has 0 spiro atoms. The molecule has 3 N–H and O–H groups in total. The van der Waals surface area contributed by atoms with Crippen LogP contribution in [0.15, 0.2) is 18.2 Å². The molecule has 1 aromatic carbocycles. The van der Waals surface area contributed by atoms with Gasteiger partial charge in [-0.3, -0.25) is 4.79 Å². The van der Waals surface area contributed by atoms with Gasteiger partial charge < -0.3 is 15.5 Å². The van der Waals surface area contributed by atoms with Crippen LogP contribution in [0.2, 0.25) is 0 Å². The van der Waals surface area contributed by atoms with Crippen LogP contribution in [-0.2, 0) is 0 Å². The summed E-state index contributed by atoms with van der Waals surface area (Å²) >= 11 is 3.38. The molecular formula is C13H18BrNO3.